The first-order valence-electron chi connectivity index (χ1n) is 8.18. The molecular weight excluding hydrogens is 323 g/mol. The van der Waals surface area contributed by atoms with Crippen LogP contribution in [0.5, 0.6) is 5.75 Å². The maximum atomic E-state index is 13.8. The number of benzene rings is 1. The second-order valence-electron chi connectivity index (χ2n) is 6.06. The van der Waals surface area contributed by atoms with Gasteiger partial charge in [0, 0.05) is 32.7 Å². The van der Waals surface area contributed by atoms with Crippen molar-refractivity contribution < 1.29 is 9.13 Å². The highest BCUT2D eigenvalue weighted by Crippen LogP contribution is 2.23. The topological polar surface area (TPSA) is 70.2 Å². The van der Waals surface area contributed by atoms with Crippen LogP contribution >= 0.6 is 0 Å². The molecule has 0 bridgehead atoms. The summed E-state index contributed by atoms with van der Waals surface area (Å²) in [5.41, 5.74) is 1.70. The lowest BCUT2D eigenvalue weighted by Gasteiger charge is -2.35. The van der Waals surface area contributed by atoms with Crippen molar-refractivity contribution in [2.45, 2.75) is 6.54 Å². The molecular formula is C17H19FN6O. The van der Waals surface area contributed by atoms with E-state index in [2.05, 4.69) is 30.0 Å². The molecule has 3 heterocycles. The van der Waals surface area contributed by atoms with Crippen molar-refractivity contribution in [2.24, 2.45) is 0 Å². The van der Waals surface area contributed by atoms with Crippen LogP contribution in [0.4, 0.5) is 10.2 Å². The van der Waals surface area contributed by atoms with E-state index in [4.69, 9.17) is 4.74 Å². The monoisotopic (exact) mass is 342 g/mol. The van der Waals surface area contributed by atoms with E-state index in [1.807, 2.05) is 6.07 Å². The number of aromatic amines is 1. The largest absolute Gasteiger partial charge is 0.494 e. The minimum atomic E-state index is -0.318. The molecule has 0 atom stereocenters. The van der Waals surface area contributed by atoms with Gasteiger partial charge in [0.25, 0.3) is 0 Å². The van der Waals surface area contributed by atoms with Crippen LogP contribution in [0.2, 0.25) is 0 Å². The average Bonchev–Trinajstić information content (AvgIpc) is 3.11. The number of aromatic nitrogens is 4. The van der Waals surface area contributed by atoms with Crippen molar-refractivity contribution in [3.05, 3.63) is 42.1 Å². The summed E-state index contributed by atoms with van der Waals surface area (Å²) in [6, 6.07) is 5.13. The smallest absolute Gasteiger partial charge is 0.165 e. The molecule has 0 amide bonds. The summed E-state index contributed by atoms with van der Waals surface area (Å²) in [5, 5.41) is 7.85. The van der Waals surface area contributed by atoms with Crippen LogP contribution < -0.4 is 9.64 Å². The number of halogens is 1. The summed E-state index contributed by atoms with van der Waals surface area (Å²) in [6.07, 6.45) is 3.32. The van der Waals surface area contributed by atoms with Gasteiger partial charge in [-0.3, -0.25) is 10.00 Å². The van der Waals surface area contributed by atoms with E-state index in [-0.39, 0.29) is 11.6 Å². The SMILES string of the molecule is COc1ccc(CN2CCN(c3ncnc4[nH]ncc34)CC2)cc1F. The molecule has 3 aromatic rings. The van der Waals surface area contributed by atoms with Crippen molar-refractivity contribution in [2.75, 3.05) is 38.2 Å². The number of piperazine rings is 1. The maximum Gasteiger partial charge on any atom is 0.165 e. The van der Waals surface area contributed by atoms with Gasteiger partial charge in [0.05, 0.1) is 18.7 Å². The van der Waals surface area contributed by atoms with Gasteiger partial charge in [0.15, 0.2) is 17.2 Å². The molecule has 1 aromatic carbocycles. The fourth-order valence-corrected chi connectivity index (χ4v) is 3.19. The van der Waals surface area contributed by atoms with E-state index >= 15 is 0 Å². The van der Waals surface area contributed by atoms with Gasteiger partial charge in [-0.1, -0.05) is 6.07 Å². The van der Waals surface area contributed by atoms with Crippen molar-refractivity contribution in [1.82, 2.24) is 25.1 Å². The van der Waals surface area contributed by atoms with Crippen LogP contribution in [0.25, 0.3) is 11.0 Å². The fraction of sp³-hybridized carbons (Fsp3) is 0.353. The third kappa shape index (κ3) is 3.12. The Bertz CT molecular complexity index is 874. The van der Waals surface area contributed by atoms with Crippen molar-refractivity contribution >= 4 is 16.9 Å². The van der Waals surface area contributed by atoms with Crippen LogP contribution in [-0.4, -0.2) is 58.4 Å². The number of ether oxygens (including phenoxy) is 1. The molecule has 1 aliphatic rings. The quantitative estimate of drug-likeness (QED) is 0.780. The molecule has 7 nitrogen and oxygen atoms in total. The van der Waals surface area contributed by atoms with E-state index in [0.29, 0.717) is 0 Å². The number of hydrogen-bond acceptors (Lipinski definition) is 6. The first-order valence-corrected chi connectivity index (χ1v) is 8.18. The highest BCUT2D eigenvalue weighted by Gasteiger charge is 2.20. The summed E-state index contributed by atoms with van der Waals surface area (Å²) in [7, 11) is 1.47. The number of H-pyrrole nitrogens is 1. The zero-order valence-electron chi connectivity index (χ0n) is 13.9. The second kappa shape index (κ2) is 6.64. The Labute approximate surface area is 144 Å². The Balaban J connectivity index is 1.41. The second-order valence-corrected chi connectivity index (χ2v) is 6.06. The Kier molecular flexibility index (Phi) is 4.19. The number of rotatable bonds is 4. The van der Waals surface area contributed by atoms with Crippen LogP contribution in [-0.2, 0) is 6.54 Å². The number of methoxy groups -OCH3 is 1. The summed E-state index contributed by atoms with van der Waals surface area (Å²) in [5.74, 6) is 0.873. The number of anilines is 1. The molecule has 130 valence electrons. The van der Waals surface area contributed by atoms with Gasteiger partial charge >= 0.3 is 0 Å². The third-order valence-corrected chi connectivity index (χ3v) is 4.52. The fourth-order valence-electron chi connectivity index (χ4n) is 3.19. The maximum absolute atomic E-state index is 13.8. The number of nitrogens with one attached hydrogen (secondary N) is 1. The van der Waals surface area contributed by atoms with E-state index in [1.54, 1.807) is 24.7 Å². The Hall–Kier alpha value is -2.74. The minimum Gasteiger partial charge on any atom is -0.494 e. The number of fused-ring (bicyclic) bond motifs is 1. The molecule has 0 unspecified atom stereocenters. The van der Waals surface area contributed by atoms with Crippen LogP contribution in [0.3, 0.4) is 0 Å². The van der Waals surface area contributed by atoms with E-state index < -0.39 is 0 Å². The van der Waals surface area contributed by atoms with E-state index in [0.717, 1.165) is 55.1 Å². The normalized spacial score (nSPS) is 15.7. The van der Waals surface area contributed by atoms with Crippen molar-refractivity contribution in [3.63, 3.8) is 0 Å². The summed E-state index contributed by atoms with van der Waals surface area (Å²) in [6.45, 7) is 4.21. The summed E-state index contributed by atoms with van der Waals surface area (Å²) in [4.78, 5) is 13.1. The number of hydrogen-bond donors (Lipinski definition) is 1. The molecule has 1 saturated heterocycles. The lowest BCUT2D eigenvalue weighted by atomic mass is 10.1. The van der Waals surface area contributed by atoms with Gasteiger partial charge in [-0.05, 0) is 17.7 Å². The van der Waals surface area contributed by atoms with Crippen molar-refractivity contribution in [3.8, 4) is 5.75 Å². The first-order chi connectivity index (χ1) is 12.2. The molecule has 0 radical (unpaired) electrons. The van der Waals surface area contributed by atoms with Crippen molar-refractivity contribution in [1.29, 1.82) is 0 Å². The molecule has 8 heteroatoms. The highest BCUT2D eigenvalue weighted by atomic mass is 19.1. The minimum absolute atomic E-state index is 0.279. The lowest BCUT2D eigenvalue weighted by molar-refractivity contribution is 0.249. The molecule has 25 heavy (non-hydrogen) atoms. The predicted octanol–water partition coefficient (Wildman–Crippen LogP) is 1.82. The standard InChI is InChI=1S/C17H19FN6O/c1-25-15-3-2-12(8-14(15)18)10-23-4-6-24(7-5-23)17-13-9-21-22-16(13)19-11-20-17/h2-3,8-9,11H,4-7,10H2,1H3,(H,19,20,21,22). The Morgan fingerprint density at radius 3 is 2.80 bits per heavy atom. The molecule has 4 rings (SSSR count). The van der Waals surface area contributed by atoms with Gasteiger partial charge in [-0.25, -0.2) is 14.4 Å². The van der Waals surface area contributed by atoms with Gasteiger partial charge in [0.1, 0.15) is 12.1 Å². The molecule has 2 aromatic heterocycles. The van der Waals surface area contributed by atoms with Gasteiger partial charge < -0.3 is 9.64 Å². The molecule has 0 aliphatic carbocycles. The molecule has 1 N–H and O–H groups in total. The summed E-state index contributed by atoms with van der Waals surface area (Å²) < 4.78 is 18.8. The third-order valence-electron chi connectivity index (χ3n) is 4.52. The average molecular weight is 342 g/mol. The lowest BCUT2D eigenvalue weighted by Crippen LogP contribution is -2.46. The van der Waals surface area contributed by atoms with Gasteiger partial charge in [-0.2, -0.15) is 5.10 Å². The summed E-state index contributed by atoms with van der Waals surface area (Å²) >= 11 is 0. The zero-order chi connectivity index (χ0) is 17.2. The van der Waals surface area contributed by atoms with E-state index in [9.17, 15) is 4.39 Å². The number of nitrogens with zero attached hydrogens (tertiary/aromatic N) is 5. The van der Waals surface area contributed by atoms with Crippen LogP contribution in [0.15, 0.2) is 30.7 Å². The predicted molar refractivity (Wildman–Crippen MR) is 92.1 cm³/mol. The molecule has 1 aliphatic heterocycles. The van der Waals surface area contributed by atoms with E-state index in [1.165, 1.54) is 7.11 Å². The Morgan fingerprint density at radius 2 is 2.04 bits per heavy atom. The van der Waals surface area contributed by atoms with Crippen LogP contribution in [0, 0.1) is 5.82 Å². The highest BCUT2D eigenvalue weighted by molar-refractivity contribution is 5.86. The zero-order valence-corrected chi connectivity index (χ0v) is 13.9. The molecule has 0 saturated carbocycles. The molecule has 1 fully saturated rings. The van der Waals surface area contributed by atoms with Gasteiger partial charge in [-0.15, -0.1) is 0 Å². The van der Waals surface area contributed by atoms with Crippen LogP contribution in [0.1, 0.15) is 5.56 Å². The first kappa shape index (κ1) is 15.8. The Morgan fingerprint density at radius 1 is 1.20 bits per heavy atom. The van der Waals surface area contributed by atoms with Gasteiger partial charge in [0.2, 0.25) is 0 Å². The molecule has 0 spiro atoms.